The maximum absolute atomic E-state index is 5.88. The molecule has 11 heavy (non-hydrogen) atoms. The zero-order chi connectivity index (χ0) is 8.10. The average molecular weight is 187 g/mol. The summed E-state index contributed by atoms with van der Waals surface area (Å²) < 4.78 is 0. The molecule has 0 radical (unpaired) electrons. The van der Waals surface area contributed by atoms with E-state index in [-0.39, 0.29) is 0 Å². The lowest BCUT2D eigenvalue weighted by atomic mass is 10.2. The summed E-state index contributed by atoms with van der Waals surface area (Å²) in [6.07, 6.45) is 1.78. The summed E-state index contributed by atoms with van der Waals surface area (Å²) in [7, 11) is 0. The van der Waals surface area contributed by atoms with Crippen LogP contribution >= 0.6 is 23.2 Å². The predicted molar refractivity (Wildman–Crippen MR) is 51.0 cm³/mol. The molecule has 1 rings (SSSR count). The molecule has 0 saturated heterocycles. The monoisotopic (exact) mass is 186 g/mol. The normalized spacial score (nSPS) is 11.6. The second kappa shape index (κ2) is 4.42. The predicted octanol–water partition coefficient (Wildman–Crippen LogP) is 3.51. The Hall–Kier alpha value is -0.460. The molecule has 0 aliphatic heterocycles. The fourth-order valence-electron chi connectivity index (χ4n) is 0.783. The highest BCUT2D eigenvalue weighted by molar-refractivity contribution is 6.49. The molecular formula is C9H8Cl2. The molecule has 0 unspecified atom stereocenters. The molecule has 0 spiro atoms. The van der Waals surface area contributed by atoms with E-state index in [0.717, 1.165) is 5.56 Å². The molecule has 1 aromatic rings. The van der Waals surface area contributed by atoms with Crippen LogP contribution in [0.15, 0.2) is 36.4 Å². The molecule has 0 saturated carbocycles. The van der Waals surface area contributed by atoms with Crippen LogP contribution in [0.1, 0.15) is 5.56 Å². The average Bonchev–Trinajstić information content (AvgIpc) is 2.07. The van der Waals surface area contributed by atoms with Gasteiger partial charge in [-0.05, 0) is 5.56 Å². The van der Waals surface area contributed by atoms with Crippen LogP contribution in [0.4, 0.5) is 0 Å². The Morgan fingerprint density at radius 1 is 1.27 bits per heavy atom. The zero-order valence-electron chi connectivity index (χ0n) is 5.93. The summed E-state index contributed by atoms with van der Waals surface area (Å²) in [5, 5.41) is 0.709. The molecule has 58 valence electrons. The van der Waals surface area contributed by atoms with Gasteiger partial charge < -0.3 is 0 Å². The number of hydrogen-bond acceptors (Lipinski definition) is 0. The van der Waals surface area contributed by atoms with Gasteiger partial charge in [0.15, 0.2) is 0 Å². The molecule has 0 aliphatic rings. The molecule has 0 nitrogen and oxygen atoms in total. The Bertz CT molecular complexity index is 239. The summed E-state index contributed by atoms with van der Waals surface area (Å²) >= 11 is 11.4. The third-order valence-electron chi connectivity index (χ3n) is 1.31. The third kappa shape index (κ3) is 2.57. The van der Waals surface area contributed by atoms with Crippen LogP contribution < -0.4 is 0 Å². The van der Waals surface area contributed by atoms with Gasteiger partial charge in [0.25, 0.3) is 0 Å². The first-order chi connectivity index (χ1) is 5.34. The van der Waals surface area contributed by atoms with Gasteiger partial charge in [0.2, 0.25) is 0 Å². The van der Waals surface area contributed by atoms with E-state index in [0.29, 0.717) is 10.9 Å². The summed E-state index contributed by atoms with van der Waals surface area (Å²) in [6, 6.07) is 9.74. The molecule has 1 aromatic carbocycles. The van der Waals surface area contributed by atoms with Crippen molar-refractivity contribution in [2.45, 2.75) is 0 Å². The smallest absolute Gasteiger partial charge is 0.0450 e. The van der Waals surface area contributed by atoms with Gasteiger partial charge in [0, 0.05) is 10.9 Å². The van der Waals surface area contributed by atoms with Crippen LogP contribution in [0.3, 0.4) is 0 Å². The van der Waals surface area contributed by atoms with Crippen molar-refractivity contribution >= 4 is 28.2 Å². The topological polar surface area (TPSA) is 0 Å². The Morgan fingerprint density at radius 3 is 2.45 bits per heavy atom. The van der Waals surface area contributed by atoms with E-state index in [1.54, 1.807) is 6.08 Å². The number of hydrogen-bond donors (Lipinski definition) is 0. The molecule has 0 aliphatic carbocycles. The van der Waals surface area contributed by atoms with Crippen molar-refractivity contribution in [2.75, 3.05) is 5.88 Å². The number of benzene rings is 1. The van der Waals surface area contributed by atoms with E-state index < -0.39 is 0 Å². The SMILES string of the molecule is ClC/C=C(/Cl)c1ccccc1. The van der Waals surface area contributed by atoms with Crippen LogP contribution in [0.5, 0.6) is 0 Å². The molecule has 0 N–H and O–H groups in total. The van der Waals surface area contributed by atoms with Crippen molar-refractivity contribution in [3.8, 4) is 0 Å². The van der Waals surface area contributed by atoms with Crippen LogP contribution in [0.2, 0.25) is 0 Å². The highest BCUT2D eigenvalue weighted by atomic mass is 35.5. The van der Waals surface area contributed by atoms with Crippen molar-refractivity contribution in [3.63, 3.8) is 0 Å². The van der Waals surface area contributed by atoms with E-state index >= 15 is 0 Å². The lowest BCUT2D eigenvalue weighted by molar-refractivity contribution is 1.63. The summed E-state index contributed by atoms with van der Waals surface area (Å²) in [5.74, 6) is 0.452. The standard InChI is InChI=1S/C9H8Cl2/c10-7-6-9(11)8-4-2-1-3-5-8/h1-6H,7H2/b9-6+. The fourth-order valence-corrected chi connectivity index (χ4v) is 1.22. The second-order valence-electron chi connectivity index (χ2n) is 2.07. The van der Waals surface area contributed by atoms with Gasteiger partial charge in [0.05, 0.1) is 0 Å². The Morgan fingerprint density at radius 2 is 1.91 bits per heavy atom. The molecule has 0 amide bonds. The van der Waals surface area contributed by atoms with Crippen LogP contribution in [-0.2, 0) is 0 Å². The van der Waals surface area contributed by atoms with Gasteiger partial charge in [-0.15, -0.1) is 11.6 Å². The lowest BCUT2D eigenvalue weighted by Crippen LogP contribution is -1.75. The minimum absolute atomic E-state index is 0.452. The number of halogens is 2. The third-order valence-corrected chi connectivity index (χ3v) is 1.83. The van der Waals surface area contributed by atoms with E-state index in [1.807, 2.05) is 30.3 Å². The summed E-state index contributed by atoms with van der Waals surface area (Å²) in [5.41, 5.74) is 1.01. The molecule has 0 atom stereocenters. The maximum Gasteiger partial charge on any atom is 0.0450 e. The fraction of sp³-hybridized carbons (Fsp3) is 0.111. The largest absolute Gasteiger partial charge is 0.122 e. The Labute approximate surface area is 76.4 Å². The van der Waals surface area contributed by atoms with Crippen molar-refractivity contribution in [1.82, 2.24) is 0 Å². The Kier molecular flexibility index (Phi) is 3.47. The van der Waals surface area contributed by atoms with Crippen molar-refractivity contribution in [1.29, 1.82) is 0 Å². The quantitative estimate of drug-likeness (QED) is 0.621. The molecule has 0 heterocycles. The highest BCUT2D eigenvalue weighted by Crippen LogP contribution is 2.17. The minimum Gasteiger partial charge on any atom is -0.122 e. The zero-order valence-corrected chi connectivity index (χ0v) is 7.44. The highest BCUT2D eigenvalue weighted by Gasteiger charge is 1.93. The first-order valence-corrected chi connectivity index (χ1v) is 4.23. The van der Waals surface area contributed by atoms with Crippen molar-refractivity contribution in [3.05, 3.63) is 42.0 Å². The van der Waals surface area contributed by atoms with Gasteiger partial charge >= 0.3 is 0 Å². The number of allylic oxidation sites excluding steroid dienone is 1. The Balaban J connectivity index is 2.85. The van der Waals surface area contributed by atoms with Crippen LogP contribution in [-0.4, -0.2) is 5.88 Å². The molecular weight excluding hydrogens is 179 g/mol. The van der Waals surface area contributed by atoms with Gasteiger partial charge in [-0.2, -0.15) is 0 Å². The molecule has 0 bridgehead atoms. The van der Waals surface area contributed by atoms with Crippen molar-refractivity contribution in [2.24, 2.45) is 0 Å². The molecule has 2 heteroatoms. The summed E-state index contributed by atoms with van der Waals surface area (Å²) in [6.45, 7) is 0. The lowest BCUT2D eigenvalue weighted by Gasteiger charge is -1.95. The number of rotatable bonds is 2. The van der Waals surface area contributed by atoms with Crippen LogP contribution in [0.25, 0.3) is 5.03 Å². The van der Waals surface area contributed by atoms with Gasteiger partial charge in [-0.25, -0.2) is 0 Å². The van der Waals surface area contributed by atoms with E-state index in [2.05, 4.69) is 0 Å². The summed E-state index contributed by atoms with van der Waals surface area (Å²) in [4.78, 5) is 0. The number of alkyl halides is 1. The maximum atomic E-state index is 5.88. The van der Waals surface area contributed by atoms with Crippen LogP contribution in [0, 0.1) is 0 Å². The van der Waals surface area contributed by atoms with Gasteiger partial charge in [0.1, 0.15) is 0 Å². The van der Waals surface area contributed by atoms with E-state index in [1.165, 1.54) is 0 Å². The first-order valence-electron chi connectivity index (χ1n) is 3.31. The van der Waals surface area contributed by atoms with Crippen molar-refractivity contribution < 1.29 is 0 Å². The van der Waals surface area contributed by atoms with E-state index in [9.17, 15) is 0 Å². The van der Waals surface area contributed by atoms with E-state index in [4.69, 9.17) is 23.2 Å². The van der Waals surface area contributed by atoms with Gasteiger partial charge in [-0.1, -0.05) is 48.0 Å². The van der Waals surface area contributed by atoms with Gasteiger partial charge in [-0.3, -0.25) is 0 Å². The minimum atomic E-state index is 0.452. The second-order valence-corrected chi connectivity index (χ2v) is 2.79. The molecule has 0 aromatic heterocycles. The molecule has 0 fully saturated rings. The first kappa shape index (κ1) is 8.63.